The molecule has 10 nitrogen and oxygen atoms in total. The molecule has 5 rings (SSSR count). The van der Waals surface area contributed by atoms with Crippen LogP contribution in [0.2, 0.25) is 0 Å². The molecule has 1 saturated heterocycles. The largest absolute Gasteiger partial charge is 0.332 e. The van der Waals surface area contributed by atoms with E-state index in [4.69, 9.17) is 0 Å². The molecular formula is C39H63N3O7S. The maximum absolute atomic E-state index is 14.6. The number of amides is 3. The summed E-state index contributed by atoms with van der Waals surface area (Å²) >= 11 is 0. The lowest BCUT2D eigenvalue weighted by atomic mass is 9.75. The third-order valence-electron chi connectivity index (χ3n) is 12.6. The molecule has 4 aliphatic carbocycles. The Morgan fingerprint density at radius 1 is 0.820 bits per heavy atom. The third-order valence-corrected chi connectivity index (χ3v) is 15.4. The summed E-state index contributed by atoms with van der Waals surface area (Å²) in [6.07, 6.45) is 12.3. The van der Waals surface area contributed by atoms with Crippen LogP contribution in [0.3, 0.4) is 0 Å². The molecule has 1 heterocycles. The van der Waals surface area contributed by atoms with Crippen molar-refractivity contribution in [1.29, 1.82) is 0 Å². The van der Waals surface area contributed by atoms with Gasteiger partial charge >= 0.3 is 6.03 Å². The monoisotopic (exact) mass is 717 g/mol. The van der Waals surface area contributed by atoms with Gasteiger partial charge in [0, 0.05) is 25.3 Å². The number of rotatable bonds is 14. The lowest BCUT2D eigenvalue weighted by molar-refractivity contribution is -0.144. The minimum atomic E-state index is -3.54. The van der Waals surface area contributed by atoms with Crippen LogP contribution in [0.4, 0.5) is 4.79 Å². The van der Waals surface area contributed by atoms with Crippen molar-refractivity contribution in [3.8, 4) is 0 Å². The van der Waals surface area contributed by atoms with Crippen molar-refractivity contribution >= 4 is 39.1 Å². The average molecular weight is 718 g/mol. The molecule has 4 saturated carbocycles. The maximum Gasteiger partial charge on any atom is 0.315 e. The summed E-state index contributed by atoms with van der Waals surface area (Å²) in [5.41, 5.74) is -1.64. The van der Waals surface area contributed by atoms with E-state index < -0.39 is 55.4 Å². The number of hydrogen-bond donors (Lipinski definition) is 2. The van der Waals surface area contributed by atoms with Crippen molar-refractivity contribution in [2.75, 3.05) is 12.3 Å². The number of nitrogens with zero attached hydrogens (tertiary/aromatic N) is 1. The van der Waals surface area contributed by atoms with Crippen molar-refractivity contribution in [3.63, 3.8) is 0 Å². The van der Waals surface area contributed by atoms with E-state index in [2.05, 4.69) is 10.6 Å². The molecule has 50 heavy (non-hydrogen) atoms. The van der Waals surface area contributed by atoms with Gasteiger partial charge in [-0.25, -0.2) is 13.2 Å². The Hall–Kier alpha value is -2.30. The minimum Gasteiger partial charge on any atom is -0.332 e. The fourth-order valence-corrected chi connectivity index (χ4v) is 10.5. The second-order valence-corrected chi connectivity index (χ2v) is 21.5. The molecule has 0 aromatic heterocycles. The molecule has 5 atom stereocenters. The predicted octanol–water partition coefficient (Wildman–Crippen LogP) is 5.95. The highest BCUT2D eigenvalue weighted by molar-refractivity contribution is 7.92. The van der Waals surface area contributed by atoms with Crippen LogP contribution in [-0.2, 0) is 29.0 Å². The Balaban J connectivity index is 1.34. The number of carbonyl (C=O) groups excluding carboxylic acids is 5. The first-order valence-corrected chi connectivity index (χ1v) is 21.2. The normalized spacial score (nSPS) is 26.8. The highest BCUT2D eigenvalue weighted by Gasteiger charge is 2.52. The van der Waals surface area contributed by atoms with Gasteiger partial charge in [-0.2, -0.15) is 0 Å². The summed E-state index contributed by atoms with van der Waals surface area (Å²) in [5, 5.41) is 5.99. The van der Waals surface area contributed by atoms with Crippen LogP contribution in [-0.4, -0.2) is 77.3 Å². The van der Waals surface area contributed by atoms with E-state index in [9.17, 15) is 32.4 Å². The Labute approximate surface area is 300 Å². The van der Waals surface area contributed by atoms with E-state index in [0.29, 0.717) is 37.6 Å². The quantitative estimate of drug-likeness (QED) is 0.211. The highest BCUT2D eigenvalue weighted by atomic mass is 32.2. The van der Waals surface area contributed by atoms with Crippen LogP contribution in [0.5, 0.6) is 0 Å². The lowest BCUT2D eigenvalue weighted by Gasteiger charge is -2.41. The summed E-state index contributed by atoms with van der Waals surface area (Å²) in [6, 6.07) is -2.24. The molecule has 2 N–H and O–H groups in total. The fraction of sp³-hybridized carbons (Fsp3) is 0.872. The number of fused-ring (bicyclic) bond motifs is 1. The van der Waals surface area contributed by atoms with Crippen molar-refractivity contribution in [2.45, 2.75) is 167 Å². The van der Waals surface area contributed by atoms with Crippen molar-refractivity contribution in [3.05, 3.63) is 0 Å². The Morgan fingerprint density at radius 2 is 1.46 bits per heavy atom. The van der Waals surface area contributed by atoms with Crippen LogP contribution in [0.15, 0.2) is 0 Å². The van der Waals surface area contributed by atoms with Crippen LogP contribution in [0.25, 0.3) is 0 Å². The van der Waals surface area contributed by atoms with Crippen molar-refractivity contribution < 1.29 is 32.4 Å². The van der Waals surface area contributed by atoms with Gasteiger partial charge in [0.05, 0.1) is 22.1 Å². The topological polar surface area (TPSA) is 147 Å². The molecule has 0 aromatic rings. The molecular weight excluding hydrogens is 655 g/mol. The first-order chi connectivity index (χ1) is 23.3. The molecule has 5 aliphatic rings. The molecule has 3 amide bonds. The van der Waals surface area contributed by atoms with Gasteiger partial charge in [0.1, 0.15) is 6.04 Å². The van der Waals surface area contributed by atoms with Gasteiger partial charge in [-0.15, -0.1) is 0 Å². The number of nitrogens with one attached hydrogen (secondary N) is 2. The van der Waals surface area contributed by atoms with Gasteiger partial charge < -0.3 is 15.5 Å². The Kier molecular flexibility index (Phi) is 11.7. The van der Waals surface area contributed by atoms with E-state index in [1.165, 1.54) is 0 Å². The first-order valence-electron chi connectivity index (χ1n) is 19.5. The van der Waals surface area contributed by atoms with Crippen LogP contribution >= 0.6 is 0 Å². The van der Waals surface area contributed by atoms with E-state index in [1.54, 1.807) is 25.7 Å². The molecule has 0 radical (unpaired) electrons. The van der Waals surface area contributed by atoms with E-state index >= 15 is 0 Å². The van der Waals surface area contributed by atoms with Crippen LogP contribution in [0.1, 0.15) is 144 Å². The average Bonchev–Trinajstić information content (AvgIpc) is 3.55. The van der Waals surface area contributed by atoms with Crippen molar-refractivity contribution in [2.24, 2.45) is 35.0 Å². The van der Waals surface area contributed by atoms with E-state index in [-0.39, 0.29) is 47.9 Å². The summed E-state index contributed by atoms with van der Waals surface area (Å²) in [4.78, 5) is 70.9. The molecule has 1 unspecified atom stereocenters. The number of likely N-dealkylation sites (tertiary alicyclic amines) is 1. The number of ketones is 3. The van der Waals surface area contributed by atoms with Gasteiger partial charge in [0.2, 0.25) is 11.7 Å². The van der Waals surface area contributed by atoms with Gasteiger partial charge in [-0.1, -0.05) is 65.7 Å². The summed E-state index contributed by atoms with van der Waals surface area (Å²) in [6.45, 7) is 11.1. The molecule has 1 aliphatic heterocycles. The zero-order valence-electron chi connectivity index (χ0n) is 31.5. The predicted molar refractivity (Wildman–Crippen MR) is 193 cm³/mol. The van der Waals surface area contributed by atoms with Crippen molar-refractivity contribution in [1.82, 2.24) is 15.5 Å². The second-order valence-electron chi connectivity index (χ2n) is 18.7. The van der Waals surface area contributed by atoms with Gasteiger partial charge in [0.15, 0.2) is 21.4 Å². The maximum atomic E-state index is 14.6. The van der Waals surface area contributed by atoms with E-state index in [1.807, 2.05) is 20.8 Å². The molecule has 11 heteroatoms. The zero-order chi connectivity index (χ0) is 36.6. The van der Waals surface area contributed by atoms with Crippen LogP contribution < -0.4 is 10.6 Å². The Morgan fingerprint density at radius 3 is 2.02 bits per heavy atom. The lowest BCUT2D eigenvalue weighted by Crippen LogP contribution is -2.63. The molecule has 0 spiro atoms. The standard InChI is InChI=1S/C39H63N3O7S/c1-37(2,3)34(40-36(47)41-39(18-8-7-9-19-39)24-50(48,49)38(4,5)6)35(46)42-23-27-14-11-15-29(27)32(42)30(43)22-28(20-25-12-10-13-25)33(45)31(44)21-26-16-17-26/h25-29,32,34H,7-24H2,1-6H3,(H2,40,41,47)/t27-,28?,29-,32-,34+/m0/s1. The number of carbonyl (C=O) groups is 5. The molecule has 0 aromatic carbocycles. The van der Waals surface area contributed by atoms with Crippen LogP contribution in [0, 0.1) is 35.0 Å². The van der Waals surface area contributed by atoms with Gasteiger partial charge in [-0.3, -0.25) is 19.2 Å². The third kappa shape index (κ3) is 9.00. The number of sulfone groups is 1. The fourth-order valence-electron chi connectivity index (χ4n) is 8.97. The van der Waals surface area contributed by atoms with E-state index in [0.717, 1.165) is 70.6 Å². The number of hydrogen-bond acceptors (Lipinski definition) is 7. The molecule has 282 valence electrons. The summed E-state index contributed by atoms with van der Waals surface area (Å²) in [5.74, 6) is -1.22. The second kappa shape index (κ2) is 15.0. The summed E-state index contributed by atoms with van der Waals surface area (Å²) < 4.78 is 25.7. The first kappa shape index (κ1) is 38.9. The smallest absolute Gasteiger partial charge is 0.315 e. The SMILES string of the molecule is CC(C)(C)[C@H](NC(=O)NC1(CS(=O)(=O)C(C)(C)C)CCCCC1)C(=O)N1C[C@@H]2CCC[C@@H]2[C@H]1C(=O)CC(CC1CCC1)C(=O)C(=O)CC1CC1. The summed E-state index contributed by atoms with van der Waals surface area (Å²) in [7, 11) is -3.54. The highest BCUT2D eigenvalue weighted by Crippen LogP contribution is 2.45. The number of urea groups is 1. The number of Topliss-reactive ketones (excluding diaryl/α,β-unsaturated/α-hetero) is 3. The minimum absolute atomic E-state index is 0.00405. The molecule has 0 bridgehead atoms. The molecule has 5 fully saturated rings. The zero-order valence-corrected chi connectivity index (χ0v) is 32.3. The van der Waals surface area contributed by atoms with Gasteiger partial charge in [0.25, 0.3) is 0 Å². The van der Waals surface area contributed by atoms with Gasteiger partial charge in [-0.05, 0) is 94.8 Å². The Bertz CT molecular complexity index is 1410.